The molecule has 0 aromatic heterocycles. The number of cyclic esters (lactones) is 1. The van der Waals surface area contributed by atoms with Gasteiger partial charge in [-0.05, 0) is 42.0 Å². The number of carbonyl (C=O) groups excluding carboxylic acids is 2. The second-order valence-corrected chi connectivity index (χ2v) is 8.16. The van der Waals surface area contributed by atoms with Crippen molar-refractivity contribution in [3.8, 4) is 0 Å². The van der Waals surface area contributed by atoms with Crippen LogP contribution in [0, 0.1) is 11.6 Å². The van der Waals surface area contributed by atoms with Crippen LogP contribution in [0.5, 0.6) is 0 Å². The minimum Gasteiger partial charge on any atom is -0.442 e. The summed E-state index contributed by atoms with van der Waals surface area (Å²) in [6, 6.07) is 9.14. The number of hydrogen-bond donors (Lipinski definition) is 0. The van der Waals surface area contributed by atoms with Gasteiger partial charge in [-0.3, -0.25) is 14.6 Å². The molecule has 0 bridgehead atoms. The normalized spacial score (nSPS) is 22.0. The molecule has 2 aliphatic heterocycles. The highest BCUT2D eigenvalue weighted by molar-refractivity contribution is 6.30. The Hall–Kier alpha value is -2.71. The zero-order valence-electron chi connectivity index (χ0n) is 16.9. The molecular formula is C22H22ClF2N3O3. The number of rotatable bonds is 4. The van der Waals surface area contributed by atoms with Gasteiger partial charge in [0, 0.05) is 56.4 Å². The summed E-state index contributed by atoms with van der Waals surface area (Å²) in [4.78, 5) is 29.6. The van der Waals surface area contributed by atoms with Crippen LogP contribution < -0.4 is 4.90 Å². The molecule has 2 fully saturated rings. The maximum atomic E-state index is 14.0. The molecule has 0 aliphatic carbocycles. The Kier molecular flexibility index (Phi) is 6.11. The quantitative estimate of drug-likeness (QED) is 0.711. The first-order valence-electron chi connectivity index (χ1n) is 10.0. The lowest BCUT2D eigenvalue weighted by Gasteiger charge is -2.36. The van der Waals surface area contributed by atoms with Gasteiger partial charge in [0.05, 0.1) is 0 Å². The number of nitrogens with zero attached hydrogens (tertiary/aromatic N) is 3. The number of anilines is 1. The lowest BCUT2D eigenvalue weighted by molar-refractivity contribution is -0.130. The molecule has 0 radical (unpaired) electrons. The van der Waals surface area contributed by atoms with Crippen LogP contribution in [0.1, 0.15) is 18.5 Å². The zero-order chi connectivity index (χ0) is 22.1. The SMILES string of the molecule is CC(=O)N1CCN(C[C@@H]2OC(=O)N(c3ccc(Cl)cc3)[C@H]2c2cc(F)cc(F)c2)CC1. The highest BCUT2D eigenvalue weighted by atomic mass is 35.5. The molecule has 0 spiro atoms. The van der Waals surface area contributed by atoms with E-state index in [1.807, 2.05) is 0 Å². The van der Waals surface area contributed by atoms with E-state index in [2.05, 4.69) is 4.90 Å². The van der Waals surface area contributed by atoms with Gasteiger partial charge >= 0.3 is 6.09 Å². The molecule has 2 heterocycles. The van der Waals surface area contributed by atoms with Crippen LogP contribution in [-0.4, -0.2) is 60.6 Å². The highest BCUT2D eigenvalue weighted by Gasteiger charge is 2.44. The Morgan fingerprint density at radius 2 is 1.68 bits per heavy atom. The molecule has 164 valence electrons. The van der Waals surface area contributed by atoms with Crippen LogP contribution in [0.4, 0.5) is 19.3 Å². The fourth-order valence-corrected chi connectivity index (χ4v) is 4.27. The van der Waals surface area contributed by atoms with E-state index in [1.54, 1.807) is 29.2 Å². The van der Waals surface area contributed by atoms with Gasteiger partial charge in [0.1, 0.15) is 23.8 Å². The third-order valence-corrected chi connectivity index (χ3v) is 5.92. The van der Waals surface area contributed by atoms with E-state index in [0.29, 0.717) is 49.0 Å². The molecule has 0 N–H and O–H groups in total. The highest BCUT2D eigenvalue weighted by Crippen LogP contribution is 2.38. The molecule has 2 atom stereocenters. The van der Waals surface area contributed by atoms with Gasteiger partial charge in [-0.2, -0.15) is 0 Å². The van der Waals surface area contributed by atoms with Gasteiger partial charge in [-0.15, -0.1) is 0 Å². The van der Waals surface area contributed by atoms with Crippen molar-refractivity contribution in [2.24, 2.45) is 0 Å². The van der Waals surface area contributed by atoms with Gasteiger partial charge in [0.2, 0.25) is 5.91 Å². The second-order valence-electron chi connectivity index (χ2n) is 7.72. The first-order valence-corrected chi connectivity index (χ1v) is 10.4. The monoisotopic (exact) mass is 449 g/mol. The van der Waals surface area contributed by atoms with E-state index in [9.17, 15) is 18.4 Å². The van der Waals surface area contributed by atoms with Gasteiger partial charge in [-0.1, -0.05) is 11.6 Å². The number of ether oxygens (including phenoxy) is 1. The maximum absolute atomic E-state index is 14.0. The fourth-order valence-electron chi connectivity index (χ4n) is 4.14. The van der Waals surface area contributed by atoms with Crippen LogP contribution in [0.2, 0.25) is 5.02 Å². The van der Waals surface area contributed by atoms with Crippen molar-refractivity contribution in [3.05, 3.63) is 64.7 Å². The van der Waals surface area contributed by atoms with Crippen LogP contribution in [0.15, 0.2) is 42.5 Å². The van der Waals surface area contributed by atoms with Crippen molar-refractivity contribution in [2.75, 3.05) is 37.6 Å². The molecule has 2 aromatic rings. The standard InChI is InChI=1S/C22H22ClF2N3O3/c1-14(29)27-8-6-26(7-9-27)13-20-21(15-10-17(24)12-18(25)11-15)28(22(30)31-20)19-4-2-16(23)3-5-19/h2-5,10-12,20-21H,6-9,13H2,1H3/t20-,21-/m0/s1. The van der Waals surface area contributed by atoms with Crippen molar-refractivity contribution in [2.45, 2.75) is 19.1 Å². The maximum Gasteiger partial charge on any atom is 0.415 e. The predicted molar refractivity (Wildman–Crippen MR) is 112 cm³/mol. The van der Waals surface area contributed by atoms with Crippen molar-refractivity contribution in [3.63, 3.8) is 0 Å². The van der Waals surface area contributed by atoms with E-state index in [4.69, 9.17) is 16.3 Å². The van der Waals surface area contributed by atoms with E-state index in [0.717, 1.165) is 6.07 Å². The molecule has 0 saturated carbocycles. The molecule has 2 aliphatic rings. The number of hydrogen-bond acceptors (Lipinski definition) is 4. The average molecular weight is 450 g/mol. The Balaban J connectivity index is 1.63. The lowest BCUT2D eigenvalue weighted by atomic mass is 9.99. The molecule has 6 nitrogen and oxygen atoms in total. The Bertz CT molecular complexity index is 960. The van der Waals surface area contributed by atoms with Crippen LogP contribution in [0.3, 0.4) is 0 Å². The first-order chi connectivity index (χ1) is 14.8. The van der Waals surface area contributed by atoms with Gasteiger partial charge < -0.3 is 9.64 Å². The molecule has 2 saturated heterocycles. The average Bonchev–Trinajstić information content (AvgIpc) is 3.04. The van der Waals surface area contributed by atoms with Crippen molar-refractivity contribution in [1.82, 2.24) is 9.80 Å². The summed E-state index contributed by atoms with van der Waals surface area (Å²) in [7, 11) is 0. The van der Waals surface area contributed by atoms with Crippen molar-refractivity contribution >= 4 is 29.3 Å². The van der Waals surface area contributed by atoms with Gasteiger partial charge in [0.25, 0.3) is 0 Å². The summed E-state index contributed by atoms with van der Waals surface area (Å²) in [5.41, 5.74) is 0.832. The Morgan fingerprint density at radius 1 is 1.06 bits per heavy atom. The second kappa shape index (κ2) is 8.80. The van der Waals surface area contributed by atoms with E-state index in [1.165, 1.54) is 24.0 Å². The third-order valence-electron chi connectivity index (χ3n) is 5.67. The van der Waals surface area contributed by atoms with Crippen LogP contribution >= 0.6 is 11.6 Å². The summed E-state index contributed by atoms with van der Waals surface area (Å²) < 4.78 is 33.7. The first kappa shape index (κ1) is 21.5. The number of piperazine rings is 1. The summed E-state index contributed by atoms with van der Waals surface area (Å²) >= 11 is 5.97. The Labute approximate surface area is 183 Å². The number of amides is 2. The van der Waals surface area contributed by atoms with Crippen molar-refractivity contribution in [1.29, 1.82) is 0 Å². The molecule has 2 aromatic carbocycles. The number of carbonyl (C=O) groups is 2. The summed E-state index contributed by atoms with van der Waals surface area (Å²) in [5.74, 6) is -1.42. The molecule has 0 unspecified atom stereocenters. The van der Waals surface area contributed by atoms with Crippen LogP contribution in [-0.2, 0) is 9.53 Å². The van der Waals surface area contributed by atoms with Crippen LogP contribution in [0.25, 0.3) is 0 Å². The van der Waals surface area contributed by atoms with E-state index >= 15 is 0 Å². The molecular weight excluding hydrogens is 428 g/mol. The summed E-state index contributed by atoms with van der Waals surface area (Å²) in [6.45, 7) is 4.32. The zero-order valence-corrected chi connectivity index (χ0v) is 17.7. The largest absolute Gasteiger partial charge is 0.442 e. The fraction of sp³-hybridized carbons (Fsp3) is 0.364. The van der Waals surface area contributed by atoms with Gasteiger partial charge in [-0.25, -0.2) is 13.6 Å². The molecule has 2 amide bonds. The van der Waals surface area contributed by atoms with E-state index in [-0.39, 0.29) is 5.91 Å². The molecule has 4 rings (SSSR count). The lowest BCUT2D eigenvalue weighted by Crippen LogP contribution is -2.50. The van der Waals surface area contributed by atoms with E-state index < -0.39 is 29.9 Å². The Morgan fingerprint density at radius 3 is 2.26 bits per heavy atom. The van der Waals surface area contributed by atoms with Gasteiger partial charge in [0.15, 0.2) is 0 Å². The summed E-state index contributed by atoms with van der Waals surface area (Å²) in [5, 5.41) is 0.504. The molecule has 31 heavy (non-hydrogen) atoms. The summed E-state index contributed by atoms with van der Waals surface area (Å²) in [6.07, 6.45) is -1.24. The minimum atomic E-state index is -0.723. The number of halogens is 3. The minimum absolute atomic E-state index is 0.0222. The molecule has 9 heteroatoms. The number of benzene rings is 2. The smallest absolute Gasteiger partial charge is 0.415 e. The predicted octanol–water partition coefficient (Wildman–Crippen LogP) is 3.85. The topological polar surface area (TPSA) is 53.1 Å². The van der Waals surface area contributed by atoms with Crippen molar-refractivity contribution < 1.29 is 23.1 Å². The third kappa shape index (κ3) is 4.65.